The Balaban J connectivity index is 0.000000755. The molecule has 5 heteroatoms. The zero-order chi connectivity index (χ0) is 43.0. The average molecular weight is 609 g/mol. The van der Waals surface area contributed by atoms with Gasteiger partial charge in [-0.1, -0.05) is 109 Å². The zero-order valence-corrected chi connectivity index (χ0v) is 24.4. The fraction of sp³-hybridized carbons (Fsp3) is 0. The number of thiophene rings is 1. The maximum atomic E-state index is 5.00. The standard InChI is InChI=1S/C39H24N4S.7H2/c1-3-11-25(12-4-1)37-40-38(26-13-5-2-6-14-26)42-39(41-37)27-19-21-28(22-20-27)43-33-17-9-7-15-29(33)31-23-24-32-30-16-8-10-18-34(30)44-36(32)35(31)43;;;;;;;/h1-24H;7*1H/i;7*1+1D. The highest BCUT2D eigenvalue weighted by Crippen LogP contribution is 2.43. The summed E-state index contributed by atoms with van der Waals surface area (Å²) in [6.45, 7) is 0. The molecule has 0 bridgehead atoms. The van der Waals surface area contributed by atoms with E-state index in [-0.39, 0.29) is 0 Å². The second kappa shape index (κ2) is 9.97. The lowest BCUT2D eigenvalue weighted by Crippen LogP contribution is -2.00. The van der Waals surface area contributed by atoms with Crippen LogP contribution in [0, 0.1) is 0 Å². The highest BCUT2D eigenvalue weighted by atomic mass is 32.1. The van der Waals surface area contributed by atoms with Gasteiger partial charge in [0.1, 0.15) is 0 Å². The van der Waals surface area contributed by atoms with Crippen LogP contribution in [0.2, 0.25) is 0 Å². The third-order valence-corrected chi connectivity index (χ3v) is 9.46. The molecule has 0 aliphatic heterocycles. The van der Waals surface area contributed by atoms with Crippen LogP contribution < -0.4 is 0 Å². The van der Waals surface area contributed by atoms with Crippen molar-refractivity contribution in [1.29, 1.82) is 0 Å². The summed E-state index contributed by atoms with van der Waals surface area (Å²) in [7, 11) is 0. The van der Waals surface area contributed by atoms with Gasteiger partial charge in [-0.3, -0.25) is 0 Å². The summed E-state index contributed by atoms with van der Waals surface area (Å²) in [6.07, 6.45) is 0. The third-order valence-electron chi connectivity index (χ3n) is 8.26. The molecule has 220 valence electrons. The molecule has 0 atom stereocenters. The van der Waals surface area contributed by atoms with Crippen molar-refractivity contribution >= 4 is 53.3 Å². The fourth-order valence-electron chi connectivity index (χ4n) is 6.20. The molecule has 0 aliphatic rings. The van der Waals surface area contributed by atoms with Gasteiger partial charge in [0.25, 0.3) is 0 Å². The second-order valence-electron chi connectivity index (χ2n) is 10.9. The lowest BCUT2D eigenvalue weighted by molar-refractivity contribution is 1.07. The molecule has 0 fully saturated rings. The van der Waals surface area contributed by atoms with E-state index in [4.69, 9.17) is 35.7 Å². The molecule has 0 aliphatic carbocycles. The number of rotatable bonds is 4. The number of aromatic nitrogens is 4. The summed E-state index contributed by atoms with van der Waals surface area (Å²) in [5.74, 6) is 1.97. The highest BCUT2D eigenvalue weighted by Gasteiger charge is 2.18. The quantitative estimate of drug-likeness (QED) is 0.200. The van der Waals surface area contributed by atoms with E-state index in [1.54, 1.807) is 0 Å². The van der Waals surface area contributed by atoms with Gasteiger partial charge in [0.15, 0.2) is 17.5 Å². The minimum atomic E-state index is 0.651. The molecule has 0 saturated heterocycles. The molecule has 0 unspecified atom stereocenters. The van der Waals surface area contributed by atoms with E-state index >= 15 is 0 Å². The Morgan fingerprint density at radius 2 is 0.977 bits per heavy atom. The molecular formula is C39H38N4S. The zero-order valence-electron chi connectivity index (χ0n) is 37.6. The normalized spacial score (nSPS) is 12.9. The molecule has 0 amide bonds. The topological polar surface area (TPSA) is 43.6 Å². The van der Waals surface area contributed by atoms with Crippen molar-refractivity contribution < 1.29 is 20.8 Å². The first-order chi connectivity index (χ1) is 28.8. The smallest absolute Gasteiger partial charge is 0.164 e. The summed E-state index contributed by atoms with van der Waals surface area (Å²) in [5, 5.41) is 5.12. The van der Waals surface area contributed by atoms with Gasteiger partial charge in [-0.2, -0.15) is 0 Å². The minimum absolute atomic E-state index is 0.651. The first-order valence-corrected chi connectivity index (χ1v) is 15.4. The van der Waals surface area contributed by atoms with Crippen molar-refractivity contribution in [3.05, 3.63) is 146 Å². The van der Waals surface area contributed by atoms with E-state index in [1.807, 2.05) is 72.0 Å². The van der Waals surface area contributed by atoms with Crippen LogP contribution in [-0.4, -0.2) is 19.5 Å². The van der Waals surface area contributed by atoms with Gasteiger partial charge in [0.2, 0.25) is 0 Å². The number of fused-ring (bicyclic) bond motifs is 7. The van der Waals surface area contributed by atoms with E-state index in [2.05, 4.69) is 89.5 Å². The molecule has 0 N–H and O–H groups in total. The SMILES string of the molecule is [2H][2H].[2H][2H].[2H][2H].[2H][2H].[2H][2H].[2H][2H].[2H][2H].c1ccc(-c2nc(-c3ccccc3)nc(-c3ccc(-n4c5ccccc5c5ccc6c7ccccc7sc6c54)cc3)n2)cc1. The summed E-state index contributed by atoms with van der Waals surface area (Å²) in [6, 6.07) is 50.7. The lowest BCUT2D eigenvalue weighted by atomic mass is 10.1. The van der Waals surface area contributed by atoms with Crippen LogP contribution in [0.3, 0.4) is 0 Å². The highest BCUT2D eigenvalue weighted by molar-refractivity contribution is 7.26. The van der Waals surface area contributed by atoms with Crippen LogP contribution in [0.5, 0.6) is 0 Å². The maximum Gasteiger partial charge on any atom is 0.164 e. The molecule has 44 heavy (non-hydrogen) atoms. The molecule has 9 aromatic rings. The van der Waals surface area contributed by atoms with Crippen molar-refractivity contribution in [1.82, 2.24) is 19.5 Å². The van der Waals surface area contributed by atoms with Gasteiger partial charge in [0.05, 0.1) is 15.7 Å². The van der Waals surface area contributed by atoms with Gasteiger partial charge < -0.3 is 4.57 Å². The monoisotopic (exact) mass is 608 g/mol. The van der Waals surface area contributed by atoms with Crippen LogP contribution in [0.25, 0.3) is 81.8 Å². The van der Waals surface area contributed by atoms with Gasteiger partial charge in [0, 0.05) is 69.4 Å². The average Bonchev–Trinajstić information content (AvgIpc) is 3.90. The molecule has 0 radical (unpaired) electrons. The fourth-order valence-corrected chi connectivity index (χ4v) is 7.44. The molecule has 3 heterocycles. The summed E-state index contributed by atoms with van der Waals surface area (Å²) in [5.41, 5.74) is 6.41. The molecule has 3 aromatic heterocycles. The van der Waals surface area contributed by atoms with Crippen molar-refractivity contribution in [2.45, 2.75) is 0 Å². The van der Waals surface area contributed by atoms with Crippen LogP contribution in [0.4, 0.5) is 0 Å². The predicted octanol–water partition coefficient (Wildman–Crippen LogP) is 12.1. The number of hydrogen-bond donors (Lipinski definition) is 0. The maximum absolute atomic E-state index is 5.00. The number of para-hydroxylation sites is 1. The van der Waals surface area contributed by atoms with Gasteiger partial charge >= 0.3 is 0 Å². The Morgan fingerprint density at radius 1 is 0.455 bits per heavy atom. The first-order valence-electron chi connectivity index (χ1n) is 21.6. The second-order valence-corrected chi connectivity index (χ2v) is 11.9. The van der Waals surface area contributed by atoms with Gasteiger partial charge in [-0.25, -0.2) is 15.0 Å². The number of benzene rings is 6. The minimum Gasteiger partial charge on any atom is -0.308 e. The van der Waals surface area contributed by atoms with Gasteiger partial charge in [-0.15, -0.1) is 11.3 Å². The molecule has 0 saturated carbocycles. The van der Waals surface area contributed by atoms with Crippen molar-refractivity contribution in [2.75, 3.05) is 0 Å². The van der Waals surface area contributed by atoms with Crippen LogP contribution in [-0.2, 0) is 0 Å². The molecule has 9 rings (SSSR count). The van der Waals surface area contributed by atoms with Crippen molar-refractivity contribution in [3.8, 4) is 39.9 Å². The Kier molecular flexibility index (Phi) is 4.26. The van der Waals surface area contributed by atoms with E-state index in [0.29, 0.717) is 17.5 Å². The molecular weight excluding hydrogens is 557 g/mol. The third kappa shape index (κ3) is 3.94. The van der Waals surface area contributed by atoms with Crippen molar-refractivity contribution in [3.63, 3.8) is 0 Å². The number of hydrogen-bond acceptors (Lipinski definition) is 4. The van der Waals surface area contributed by atoms with E-state index in [9.17, 15) is 0 Å². The Bertz CT molecular complexity index is 2470. The molecule has 4 nitrogen and oxygen atoms in total. The Morgan fingerprint density at radius 3 is 1.64 bits per heavy atom. The van der Waals surface area contributed by atoms with E-state index in [0.717, 1.165) is 22.4 Å². The summed E-state index contributed by atoms with van der Waals surface area (Å²) >= 11 is 1.87. The Labute approximate surface area is 279 Å². The van der Waals surface area contributed by atoms with Crippen LogP contribution in [0.15, 0.2) is 146 Å². The largest absolute Gasteiger partial charge is 0.308 e. The number of nitrogens with zero attached hydrogens (tertiary/aromatic N) is 4. The summed E-state index contributed by atoms with van der Waals surface area (Å²) < 4.78 is 75.0. The lowest BCUT2D eigenvalue weighted by Gasteiger charge is -2.11. The molecule has 6 aromatic carbocycles. The summed E-state index contributed by atoms with van der Waals surface area (Å²) in [4.78, 5) is 14.7. The predicted molar refractivity (Wildman–Crippen MR) is 198 cm³/mol. The van der Waals surface area contributed by atoms with Gasteiger partial charge in [-0.05, 0) is 36.4 Å². The molecule has 0 spiro atoms. The first kappa shape index (κ1) is 18.8. The van der Waals surface area contributed by atoms with E-state index in [1.165, 1.54) is 42.0 Å². The van der Waals surface area contributed by atoms with Crippen LogP contribution >= 0.6 is 11.3 Å². The van der Waals surface area contributed by atoms with E-state index < -0.39 is 0 Å². The van der Waals surface area contributed by atoms with Crippen LogP contribution in [0.1, 0.15) is 20.8 Å². The van der Waals surface area contributed by atoms with Crippen molar-refractivity contribution in [2.24, 2.45) is 0 Å². The Hall–Kier alpha value is -5.65.